The Morgan fingerprint density at radius 2 is 1.17 bits per heavy atom. The first-order valence-corrected chi connectivity index (χ1v) is 11.4. The maximum absolute atomic E-state index is 11.6. The summed E-state index contributed by atoms with van der Waals surface area (Å²) in [5.74, 6) is 0. The van der Waals surface area contributed by atoms with Crippen molar-refractivity contribution in [2.45, 2.75) is 102 Å². The van der Waals surface area contributed by atoms with Crippen molar-refractivity contribution in [2.24, 2.45) is 0 Å². The quantitative estimate of drug-likeness (QED) is 0.398. The standard InChI is InChI=1S/C24H42N4O2/c1-19-13-21(15-23(3,4)25-19)27(17-29)11-9-7-8-10-12-28(18-30)22-14-20(2)26-24(5,6)16-22/h17-18,21-22,25-26H,1-2,7-16H2,3-6H3. The van der Waals surface area contributed by atoms with Crippen LogP contribution in [0.2, 0.25) is 0 Å². The Bertz CT molecular complexity index is 575. The lowest BCUT2D eigenvalue weighted by Crippen LogP contribution is -2.51. The predicted octanol–water partition coefficient (Wildman–Crippen LogP) is 3.55. The third-order valence-corrected chi connectivity index (χ3v) is 6.28. The van der Waals surface area contributed by atoms with Crippen molar-refractivity contribution in [2.75, 3.05) is 13.1 Å². The normalized spacial score (nSPS) is 25.1. The molecule has 2 amide bonds. The molecule has 6 heteroatoms. The van der Waals surface area contributed by atoms with Crippen molar-refractivity contribution >= 4 is 12.8 Å². The Hall–Kier alpha value is -1.98. The van der Waals surface area contributed by atoms with Crippen LogP contribution in [0.4, 0.5) is 0 Å². The molecule has 2 aliphatic heterocycles. The van der Waals surface area contributed by atoms with Crippen LogP contribution in [-0.4, -0.2) is 58.9 Å². The molecule has 2 rings (SSSR count). The maximum atomic E-state index is 11.6. The lowest BCUT2D eigenvalue weighted by atomic mass is 9.87. The predicted molar refractivity (Wildman–Crippen MR) is 123 cm³/mol. The summed E-state index contributed by atoms with van der Waals surface area (Å²) >= 11 is 0. The van der Waals surface area contributed by atoms with Gasteiger partial charge in [-0.15, -0.1) is 0 Å². The molecule has 2 saturated heterocycles. The molecule has 0 radical (unpaired) electrons. The molecule has 6 nitrogen and oxygen atoms in total. The average molecular weight is 419 g/mol. The molecule has 0 saturated carbocycles. The van der Waals surface area contributed by atoms with Gasteiger partial charge >= 0.3 is 0 Å². The van der Waals surface area contributed by atoms with Gasteiger partial charge in [0.1, 0.15) is 0 Å². The molecule has 0 aromatic rings. The molecule has 2 heterocycles. The van der Waals surface area contributed by atoms with E-state index in [9.17, 15) is 9.59 Å². The number of nitrogens with one attached hydrogen (secondary N) is 2. The minimum atomic E-state index is -0.0198. The number of carbonyl (C=O) groups excluding carboxylic acids is 2. The van der Waals surface area contributed by atoms with Gasteiger partial charge in [-0.2, -0.15) is 0 Å². The molecule has 170 valence electrons. The minimum Gasteiger partial charge on any atom is -0.384 e. The number of hydrogen-bond acceptors (Lipinski definition) is 4. The van der Waals surface area contributed by atoms with Gasteiger partial charge < -0.3 is 20.4 Å². The van der Waals surface area contributed by atoms with Gasteiger partial charge in [-0.1, -0.05) is 26.0 Å². The van der Waals surface area contributed by atoms with E-state index in [1.54, 1.807) is 0 Å². The molecule has 0 bridgehead atoms. The molecule has 0 spiro atoms. The fourth-order valence-electron chi connectivity index (χ4n) is 5.11. The Balaban J connectivity index is 1.70. The summed E-state index contributed by atoms with van der Waals surface area (Å²) in [6, 6.07) is 0.460. The molecule has 30 heavy (non-hydrogen) atoms. The molecule has 2 atom stereocenters. The number of amides is 2. The molecule has 0 aliphatic carbocycles. The highest BCUT2D eigenvalue weighted by Crippen LogP contribution is 2.28. The fraction of sp³-hybridized carbons (Fsp3) is 0.750. The zero-order valence-corrected chi connectivity index (χ0v) is 19.5. The third kappa shape index (κ3) is 7.37. The van der Waals surface area contributed by atoms with Crippen LogP contribution < -0.4 is 10.6 Å². The SMILES string of the molecule is C=C1CC(N(C=O)CCCCCCN(C=O)C2CC(=C)NC(C)(C)C2)CC(C)(C)N1. The number of piperidine rings is 2. The fourth-order valence-corrected chi connectivity index (χ4v) is 5.11. The summed E-state index contributed by atoms with van der Waals surface area (Å²) in [6.07, 6.45) is 9.66. The second-order valence-corrected chi connectivity index (χ2v) is 10.4. The van der Waals surface area contributed by atoms with Crippen molar-refractivity contribution in [3.8, 4) is 0 Å². The first-order valence-electron chi connectivity index (χ1n) is 11.4. The van der Waals surface area contributed by atoms with Gasteiger partial charge in [-0.05, 0) is 53.4 Å². The minimum absolute atomic E-state index is 0.0198. The lowest BCUT2D eigenvalue weighted by Gasteiger charge is -2.42. The van der Waals surface area contributed by atoms with Gasteiger partial charge in [0.05, 0.1) is 0 Å². The van der Waals surface area contributed by atoms with E-state index in [-0.39, 0.29) is 23.2 Å². The zero-order chi connectivity index (χ0) is 22.4. The van der Waals surface area contributed by atoms with Crippen LogP contribution in [-0.2, 0) is 9.59 Å². The van der Waals surface area contributed by atoms with E-state index < -0.39 is 0 Å². The van der Waals surface area contributed by atoms with Gasteiger partial charge in [0.25, 0.3) is 0 Å². The van der Waals surface area contributed by atoms with Crippen LogP contribution in [0.5, 0.6) is 0 Å². The van der Waals surface area contributed by atoms with Crippen molar-refractivity contribution in [1.82, 2.24) is 20.4 Å². The average Bonchev–Trinajstić information content (AvgIpc) is 2.60. The summed E-state index contributed by atoms with van der Waals surface area (Å²) in [6.45, 7) is 18.4. The van der Waals surface area contributed by atoms with Gasteiger partial charge in [0, 0.05) is 60.5 Å². The number of hydrogen-bond donors (Lipinski definition) is 2. The van der Waals surface area contributed by atoms with Gasteiger partial charge in [0.15, 0.2) is 0 Å². The molecule has 2 N–H and O–H groups in total. The van der Waals surface area contributed by atoms with Crippen LogP contribution >= 0.6 is 0 Å². The summed E-state index contributed by atoms with van der Waals surface area (Å²) in [5.41, 5.74) is 1.99. The highest BCUT2D eigenvalue weighted by atomic mass is 16.1. The summed E-state index contributed by atoms with van der Waals surface area (Å²) in [4.78, 5) is 27.2. The van der Waals surface area contributed by atoms with Crippen molar-refractivity contribution in [3.63, 3.8) is 0 Å². The van der Waals surface area contributed by atoms with Crippen molar-refractivity contribution in [3.05, 3.63) is 24.6 Å². The highest BCUT2D eigenvalue weighted by Gasteiger charge is 2.33. The van der Waals surface area contributed by atoms with Gasteiger partial charge in [0.2, 0.25) is 12.8 Å². The third-order valence-electron chi connectivity index (χ3n) is 6.28. The monoisotopic (exact) mass is 418 g/mol. The van der Waals surface area contributed by atoms with Crippen LogP contribution in [0.15, 0.2) is 24.6 Å². The van der Waals surface area contributed by atoms with Crippen LogP contribution in [0, 0.1) is 0 Å². The number of rotatable bonds is 11. The maximum Gasteiger partial charge on any atom is 0.209 e. The number of unbranched alkanes of at least 4 members (excludes halogenated alkanes) is 3. The second-order valence-electron chi connectivity index (χ2n) is 10.4. The lowest BCUT2D eigenvalue weighted by molar-refractivity contribution is -0.122. The Morgan fingerprint density at radius 1 is 0.800 bits per heavy atom. The largest absolute Gasteiger partial charge is 0.384 e. The summed E-state index contributed by atoms with van der Waals surface area (Å²) in [7, 11) is 0. The summed E-state index contributed by atoms with van der Waals surface area (Å²) in [5, 5.41) is 6.84. The van der Waals surface area contributed by atoms with E-state index in [4.69, 9.17) is 0 Å². The molecule has 0 aromatic heterocycles. The van der Waals surface area contributed by atoms with E-state index in [2.05, 4.69) is 51.5 Å². The van der Waals surface area contributed by atoms with Gasteiger partial charge in [-0.25, -0.2) is 0 Å². The number of carbonyl (C=O) groups is 2. The van der Waals surface area contributed by atoms with E-state index in [0.29, 0.717) is 0 Å². The second kappa shape index (κ2) is 10.4. The molecule has 2 fully saturated rings. The van der Waals surface area contributed by atoms with Crippen LogP contribution in [0.1, 0.15) is 79.1 Å². The molecular formula is C24H42N4O2. The van der Waals surface area contributed by atoms with E-state index in [0.717, 1.165) is 88.7 Å². The van der Waals surface area contributed by atoms with Crippen LogP contribution in [0.25, 0.3) is 0 Å². The highest BCUT2D eigenvalue weighted by molar-refractivity contribution is 5.48. The first kappa shape index (κ1) is 24.3. The Morgan fingerprint density at radius 3 is 1.47 bits per heavy atom. The molecule has 2 aliphatic rings. The van der Waals surface area contributed by atoms with E-state index in [1.807, 2.05) is 9.80 Å². The smallest absolute Gasteiger partial charge is 0.209 e. The summed E-state index contributed by atoms with van der Waals surface area (Å²) < 4.78 is 0. The Labute approximate surface area is 183 Å². The molecule has 2 unspecified atom stereocenters. The van der Waals surface area contributed by atoms with E-state index in [1.165, 1.54) is 0 Å². The van der Waals surface area contributed by atoms with Gasteiger partial charge in [-0.3, -0.25) is 9.59 Å². The van der Waals surface area contributed by atoms with E-state index >= 15 is 0 Å². The topological polar surface area (TPSA) is 64.7 Å². The van der Waals surface area contributed by atoms with Crippen molar-refractivity contribution in [1.29, 1.82) is 0 Å². The number of nitrogens with zero attached hydrogens (tertiary/aromatic N) is 2. The zero-order valence-electron chi connectivity index (χ0n) is 19.5. The first-order chi connectivity index (χ1) is 14.0. The van der Waals surface area contributed by atoms with Crippen molar-refractivity contribution < 1.29 is 9.59 Å². The Kier molecular flexibility index (Phi) is 8.39. The molecular weight excluding hydrogens is 376 g/mol. The molecule has 0 aromatic carbocycles. The van der Waals surface area contributed by atoms with Crippen LogP contribution in [0.3, 0.4) is 0 Å².